The van der Waals surface area contributed by atoms with Crippen molar-refractivity contribution in [2.75, 3.05) is 6.61 Å². The summed E-state index contributed by atoms with van der Waals surface area (Å²) >= 11 is 1.18. The van der Waals surface area contributed by atoms with E-state index in [9.17, 15) is 9.90 Å². The molecule has 2 aliphatic carbocycles. The molecule has 0 saturated heterocycles. The number of hydrogen-bond donors (Lipinski definition) is 2. The fourth-order valence-electron chi connectivity index (χ4n) is 3.39. The molecule has 0 radical (unpaired) electrons. The Hall–Kier alpha value is -1.01. The zero-order chi connectivity index (χ0) is 11.8. The van der Waals surface area contributed by atoms with Crippen molar-refractivity contribution in [2.24, 2.45) is 17.8 Å². The summed E-state index contributed by atoms with van der Waals surface area (Å²) in [6, 6.07) is 0.118. The molecule has 2 fully saturated rings. The first kappa shape index (κ1) is 11.1. The second-order valence-corrected chi connectivity index (χ2v) is 5.58. The molecule has 3 rings (SSSR count). The molecule has 2 saturated carbocycles. The first-order valence-electron chi connectivity index (χ1n) is 5.98. The van der Waals surface area contributed by atoms with Crippen LogP contribution in [0.3, 0.4) is 0 Å². The summed E-state index contributed by atoms with van der Waals surface area (Å²) < 4.78 is 3.69. The maximum Gasteiger partial charge on any atom is 0.272 e. The number of nitrogens with zero attached hydrogens (tertiary/aromatic N) is 2. The Labute approximate surface area is 103 Å². The number of aromatic nitrogens is 2. The van der Waals surface area contributed by atoms with Gasteiger partial charge in [0.15, 0.2) is 5.69 Å². The Bertz CT molecular complexity index is 409. The van der Waals surface area contributed by atoms with E-state index >= 15 is 0 Å². The number of fused-ring (bicyclic) bond motifs is 2. The number of amides is 1. The van der Waals surface area contributed by atoms with Crippen molar-refractivity contribution >= 4 is 17.4 Å². The van der Waals surface area contributed by atoms with Crippen LogP contribution >= 0.6 is 11.5 Å². The molecule has 0 aliphatic heterocycles. The maximum atomic E-state index is 11.9. The number of nitrogens with one attached hydrogen (secondary N) is 1. The van der Waals surface area contributed by atoms with E-state index in [0.717, 1.165) is 6.42 Å². The highest BCUT2D eigenvalue weighted by atomic mass is 32.1. The molecule has 4 unspecified atom stereocenters. The predicted octanol–water partition coefficient (Wildman–Crippen LogP) is 0.675. The van der Waals surface area contributed by atoms with Crippen LogP contribution in [0.5, 0.6) is 0 Å². The molecule has 0 aromatic carbocycles. The van der Waals surface area contributed by atoms with E-state index < -0.39 is 0 Å². The lowest BCUT2D eigenvalue weighted by atomic mass is 9.85. The van der Waals surface area contributed by atoms with Crippen molar-refractivity contribution in [2.45, 2.75) is 25.3 Å². The zero-order valence-electron chi connectivity index (χ0n) is 9.37. The third-order valence-electron chi connectivity index (χ3n) is 4.19. The van der Waals surface area contributed by atoms with E-state index in [2.05, 4.69) is 14.9 Å². The van der Waals surface area contributed by atoms with E-state index in [1.54, 1.807) is 5.38 Å². The minimum Gasteiger partial charge on any atom is -0.396 e. The van der Waals surface area contributed by atoms with Gasteiger partial charge in [0, 0.05) is 23.9 Å². The number of hydrogen-bond acceptors (Lipinski definition) is 5. The molecule has 1 aromatic rings. The Morgan fingerprint density at radius 3 is 3.06 bits per heavy atom. The van der Waals surface area contributed by atoms with Crippen LogP contribution in [0.15, 0.2) is 5.38 Å². The van der Waals surface area contributed by atoms with Gasteiger partial charge in [0.1, 0.15) is 0 Å². The molecular formula is C11H15N3O2S. The number of aliphatic hydroxyl groups is 1. The second kappa shape index (κ2) is 4.34. The summed E-state index contributed by atoms with van der Waals surface area (Å²) in [6.07, 6.45) is 3.51. The lowest BCUT2D eigenvalue weighted by Gasteiger charge is -2.30. The first-order chi connectivity index (χ1) is 8.29. The molecule has 92 valence electrons. The summed E-state index contributed by atoms with van der Waals surface area (Å²) in [7, 11) is 0. The summed E-state index contributed by atoms with van der Waals surface area (Å²) in [6.45, 7) is 0.168. The molecular weight excluding hydrogens is 238 g/mol. The zero-order valence-corrected chi connectivity index (χ0v) is 10.2. The lowest BCUT2D eigenvalue weighted by molar-refractivity contribution is 0.0856. The smallest absolute Gasteiger partial charge is 0.272 e. The van der Waals surface area contributed by atoms with Gasteiger partial charge in [-0.15, -0.1) is 5.10 Å². The molecule has 17 heavy (non-hydrogen) atoms. The van der Waals surface area contributed by atoms with Crippen LogP contribution in [0.2, 0.25) is 0 Å². The van der Waals surface area contributed by atoms with Crippen molar-refractivity contribution < 1.29 is 9.90 Å². The topological polar surface area (TPSA) is 75.1 Å². The van der Waals surface area contributed by atoms with Crippen LogP contribution in [0, 0.1) is 17.8 Å². The monoisotopic (exact) mass is 253 g/mol. The van der Waals surface area contributed by atoms with Gasteiger partial charge in [0.25, 0.3) is 5.91 Å². The fraction of sp³-hybridized carbons (Fsp3) is 0.727. The van der Waals surface area contributed by atoms with Gasteiger partial charge >= 0.3 is 0 Å². The highest BCUT2D eigenvalue weighted by Gasteiger charge is 2.47. The normalized spacial score (nSPS) is 35.1. The minimum absolute atomic E-state index is 0.118. The Morgan fingerprint density at radius 1 is 1.53 bits per heavy atom. The van der Waals surface area contributed by atoms with Crippen LogP contribution in [0.1, 0.15) is 29.8 Å². The summed E-state index contributed by atoms with van der Waals surface area (Å²) in [5.74, 6) is 1.19. The average molecular weight is 253 g/mol. The first-order valence-corrected chi connectivity index (χ1v) is 6.82. The van der Waals surface area contributed by atoms with Gasteiger partial charge in [0.2, 0.25) is 0 Å². The van der Waals surface area contributed by atoms with Gasteiger partial charge in [-0.1, -0.05) is 4.49 Å². The molecule has 0 spiro atoms. The van der Waals surface area contributed by atoms with Crippen molar-refractivity contribution in [3.8, 4) is 0 Å². The highest BCUT2D eigenvalue weighted by Crippen LogP contribution is 2.48. The maximum absolute atomic E-state index is 11.9. The van der Waals surface area contributed by atoms with Crippen molar-refractivity contribution in [1.29, 1.82) is 0 Å². The average Bonchev–Trinajstić information content (AvgIpc) is 3.05. The highest BCUT2D eigenvalue weighted by molar-refractivity contribution is 7.03. The number of aliphatic hydroxyl groups excluding tert-OH is 1. The summed E-state index contributed by atoms with van der Waals surface area (Å²) in [5, 5.41) is 17.9. The SMILES string of the molecule is O=C(NC1C2CCC(C2)C1CO)c1csnn1. The molecule has 1 aromatic heterocycles. The van der Waals surface area contributed by atoms with Gasteiger partial charge < -0.3 is 10.4 Å². The van der Waals surface area contributed by atoms with Gasteiger partial charge in [-0.2, -0.15) is 0 Å². The second-order valence-electron chi connectivity index (χ2n) is 4.97. The largest absolute Gasteiger partial charge is 0.396 e. The van der Waals surface area contributed by atoms with E-state index in [-0.39, 0.29) is 24.5 Å². The van der Waals surface area contributed by atoms with Gasteiger partial charge in [-0.25, -0.2) is 0 Å². The quantitative estimate of drug-likeness (QED) is 0.830. The van der Waals surface area contributed by atoms with Crippen molar-refractivity contribution in [3.05, 3.63) is 11.1 Å². The molecule has 1 heterocycles. The Morgan fingerprint density at radius 2 is 2.35 bits per heavy atom. The van der Waals surface area contributed by atoms with Gasteiger partial charge in [-0.3, -0.25) is 4.79 Å². The molecule has 5 nitrogen and oxygen atoms in total. The summed E-state index contributed by atoms with van der Waals surface area (Å²) in [5.41, 5.74) is 0.384. The molecule has 1 amide bonds. The van der Waals surface area contributed by atoms with E-state index in [1.807, 2.05) is 0 Å². The van der Waals surface area contributed by atoms with Crippen LogP contribution in [-0.4, -0.2) is 33.2 Å². The standard InChI is InChI=1S/C11H15N3O2S/c15-4-8-6-1-2-7(3-6)10(8)12-11(16)9-5-17-14-13-9/h5-8,10,15H,1-4H2,(H,12,16). The van der Waals surface area contributed by atoms with E-state index in [4.69, 9.17) is 0 Å². The van der Waals surface area contributed by atoms with Gasteiger partial charge in [0.05, 0.1) is 0 Å². The molecule has 2 bridgehead atoms. The minimum atomic E-state index is -0.158. The van der Waals surface area contributed by atoms with E-state index in [0.29, 0.717) is 17.5 Å². The molecule has 6 heteroatoms. The van der Waals surface area contributed by atoms with E-state index in [1.165, 1.54) is 24.4 Å². The van der Waals surface area contributed by atoms with Crippen LogP contribution in [0.4, 0.5) is 0 Å². The van der Waals surface area contributed by atoms with Crippen molar-refractivity contribution in [1.82, 2.24) is 14.9 Å². The molecule has 2 N–H and O–H groups in total. The molecule has 4 atom stereocenters. The predicted molar refractivity (Wildman–Crippen MR) is 62.6 cm³/mol. The van der Waals surface area contributed by atoms with Crippen molar-refractivity contribution in [3.63, 3.8) is 0 Å². The Balaban J connectivity index is 1.71. The fourth-order valence-corrected chi connectivity index (χ4v) is 3.82. The third kappa shape index (κ3) is 1.85. The number of carbonyl (C=O) groups excluding carboxylic acids is 1. The van der Waals surface area contributed by atoms with Crippen LogP contribution < -0.4 is 5.32 Å². The van der Waals surface area contributed by atoms with Gasteiger partial charge in [-0.05, 0) is 42.6 Å². The third-order valence-corrected chi connectivity index (χ3v) is 4.69. The molecule has 2 aliphatic rings. The van der Waals surface area contributed by atoms with Crippen LogP contribution in [0.25, 0.3) is 0 Å². The Kier molecular flexibility index (Phi) is 2.84. The van der Waals surface area contributed by atoms with Crippen LogP contribution in [-0.2, 0) is 0 Å². The summed E-state index contributed by atoms with van der Waals surface area (Å²) in [4.78, 5) is 11.9. The number of rotatable bonds is 3. The number of carbonyl (C=O) groups is 1. The lowest BCUT2D eigenvalue weighted by Crippen LogP contribution is -2.45.